The van der Waals surface area contributed by atoms with Crippen molar-refractivity contribution in [2.24, 2.45) is 0 Å². The van der Waals surface area contributed by atoms with E-state index in [-0.39, 0.29) is 29.0 Å². The molecular formula is C21H15N3O7. The minimum Gasteiger partial charge on any atom is -0.478 e. The molecule has 2 heterocycles. The van der Waals surface area contributed by atoms with Crippen molar-refractivity contribution in [1.82, 2.24) is 4.98 Å². The van der Waals surface area contributed by atoms with Crippen LogP contribution >= 0.6 is 0 Å². The number of furan rings is 1. The minimum atomic E-state index is -1.07. The number of nitro groups is 1. The summed E-state index contributed by atoms with van der Waals surface area (Å²) in [5.41, 5.74) is -1.21. The standard InChI is InChI=1S/C21H15N3O7/c1-30-11-16-15(10-22)20(25)23-17(19(16)24(28)29)7-5-14-6-8-18(31-14)12-3-2-4-13(9-12)21(26)27/h2-9H,11H2,1H3,(H,23,25)(H,26,27)/b7-5+. The summed E-state index contributed by atoms with van der Waals surface area (Å²) in [5, 5.41) is 29.9. The fourth-order valence-electron chi connectivity index (χ4n) is 2.96. The van der Waals surface area contributed by atoms with Crippen LogP contribution in [-0.2, 0) is 11.3 Å². The molecule has 0 bridgehead atoms. The molecule has 0 amide bonds. The summed E-state index contributed by atoms with van der Waals surface area (Å²) in [7, 11) is 1.30. The maximum atomic E-state index is 12.2. The number of nitrogens with one attached hydrogen (secondary N) is 1. The first-order valence-electron chi connectivity index (χ1n) is 8.80. The van der Waals surface area contributed by atoms with E-state index in [2.05, 4.69) is 4.98 Å². The number of carboxylic acids is 1. The van der Waals surface area contributed by atoms with E-state index in [4.69, 9.17) is 14.3 Å². The molecule has 0 aliphatic carbocycles. The van der Waals surface area contributed by atoms with Crippen LogP contribution in [0.1, 0.15) is 32.9 Å². The van der Waals surface area contributed by atoms with Gasteiger partial charge in [0.05, 0.1) is 22.7 Å². The Balaban J connectivity index is 2.01. The molecule has 0 saturated heterocycles. The zero-order valence-corrected chi connectivity index (χ0v) is 16.1. The molecule has 0 saturated carbocycles. The molecule has 0 unspecified atom stereocenters. The van der Waals surface area contributed by atoms with Gasteiger partial charge in [-0.05, 0) is 36.4 Å². The largest absolute Gasteiger partial charge is 0.478 e. The third-order valence-corrected chi connectivity index (χ3v) is 4.34. The van der Waals surface area contributed by atoms with E-state index in [1.807, 2.05) is 0 Å². The van der Waals surface area contributed by atoms with Gasteiger partial charge in [0.25, 0.3) is 11.2 Å². The summed E-state index contributed by atoms with van der Waals surface area (Å²) in [5.74, 6) is -0.369. The topological polar surface area (TPSA) is 159 Å². The number of aromatic carboxylic acids is 1. The van der Waals surface area contributed by atoms with Crippen LogP contribution in [0.2, 0.25) is 0 Å². The van der Waals surface area contributed by atoms with Gasteiger partial charge in [-0.15, -0.1) is 0 Å². The molecule has 31 heavy (non-hydrogen) atoms. The Morgan fingerprint density at radius 2 is 2.13 bits per heavy atom. The summed E-state index contributed by atoms with van der Waals surface area (Å²) >= 11 is 0. The molecule has 0 spiro atoms. The van der Waals surface area contributed by atoms with Crippen molar-refractivity contribution in [3.05, 3.63) is 85.0 Å². The van der Waals surface area contributed by atoms with Crippen LogP contribution in [0, 0.1) is 21.4 Å². The van der Waals surface area contributed by atoms with Gasteiger partial charge < -0.3 is 19.2 Å². The molecular weight excluding hydrogens is 406 g/mol. The second kappa shape index (κ2) is 8.89. The average molecular weight is 421 g/mol. The predicted molar refractivity (Wildman–Crippen MR) is 109 cm³/mol. The number of nitrogens with zero attached hydrogens (tertiary/aromatic N) is 2. The van der Waals surface area contributed by atoms with E-state index in [0.29, 0.717) is 17.1 Å². The molecule has 0 radical (unpaired) electrons. The molecule has 0 aliphatic rings. The first-order chi connectivity index (χ1) is 14.8. The van der Waals surface area contributed by atoms with Crippen molar-refractivity contribution in [2.45, 2.75) is 6.61 Å². The molecule has 10 nitrogen and oxygen atoms in total. The van der Waals surface area contributed by atoms with Gasteiger partial charge in [-0.1, -0.05) is 12.1 Å². The van der Waals surface area contributed by atoms with Gasteiger partial charge in [-0.2, -0.15) is 5.26 Å². The monoisotopic (exact) mass is 421 g/mol. The van der Waals surface area contributed by atoms with Crippen molar-refractivity contribution in [1.29, 1.82) is 5.26 Å². The van der Waals surface area contributed by atoms with Crippen LogP contribution in [0.3, 0.4) is 0 Å². The van der Waals surface area contributed by atoms with E-state index in [1.54, 1.807) is 30.3 Å². The highest BCUT2D eigenvalue weighted by molar-refractivity contribution is 5.89. The molecule has 2 N–H and O–H groups in total. The lowest BCUT2D eigenvalue weighted by atomic mass is 10.1. The Hall–Kier alpha value is -4.49. The predicted octanol–water partition coefficient (Wildman–Crippen LogP) is 3.43. The average Bonchev–Trinajstić information content (AvgIpc) is 3.21. The highest BCUT2D eigenvalue weighted by Gasteiger charge is 2.25. The maximum absolute atomic E-state index is 12.2. The van der Waals surface area contributed by atoms with Crippen LogP contribution in [0.4, 0.5) is 5.69 Å². The van der Waals surface area contributed by atoms with Gasteiger partial charge in [-0.3, -0.25) is 14.9 Å². The lowest BCUT2D eigenvalue weighted by Gasteiger charge is -2.06. The fraction of sp³-hybridized carbons (Fsp3) is 0.0952. The van der Waals surface area contributed by atoms with Gasteiger partial charge >= 0.3 is 5.97 Å². The molecule has 3 aromatic rings. The van der Waals surface area contributed by atoms with Crippen LogP contribution in [0.25, 0.3) is 23.5 Å². The number of pyridine rings is 1. The van der Waals surface area contributed by atoms with Crippen LogP contribution in [0.15, 0.2) is 45.6 Å². The zero-order chi connectivity index (χ0) is 22.5. The lowest BCUT2D eigenvalue weighted by Crippen LogP contribution is -2.18. The second-order valence-electron chi connectivity index (χ2n) is 6.29. The van der Waals surface area contributed by atoms with Crippen LogP contribution < -0.4 is 5.56 Å². The molecule has 0 atom stereocenters. The summed E-state index contributed by atoms with van der Waals surface area (Å²) < 4.78 is 10.6. The highest BCUT2D eigenvalue weighted by Crippen LogP contribution is 2.27. The molecule has 156 valence electrons. The Labute approximate surface area is 174 Å². The molecule has 2 aromatic heterocycles. The van der Waals surface area contributed by atoms with Crippen LogP contribution in [0.5, 0.6) is 0 Å². The third kappa shape index (κ3) is 4.42. The van der Waals surface area contributed by atoms with Gasteiger partial charge in [0.1, 0.15) is 28.8 Å². The van der Waals surface area contributed by atoms with Crippen molar-refractivity contribution < 1.29 is 24.0 Å². The fourth-order valence-corrected chi connectivity index (χ4v) is 2.96. The number of methoxy groups -OCH3 is 1. The highest BCUT2D eigenvalue weighted by atomic mass is 16.6. The van der Waals surface area contributed by atoms with Gasteiger partial charge in [0.15, 0.2) is 0 Å². The molecule has 3 rings (SSSR count). The molecule has 10 heteroatoms. The molecule has 0 aliphatic heterocycles. The first kappa shape index (κ1) is 21.2. The van der Waals surface area contributed by atoms with E-state index in [0.717, 1.165) is 0 Å². The number of aromatic amines is 1. The Morgan fingerprint density at radius 3 is 2.77 bits per heavy atom. The van der Waals surface area contributed by atoms with Crippen LogP contribution in [-0.4, -0.2) is 28.1 Å². The second-order valence-corrected chi connectivity index (χ2v) is 6.29. The van der Waals surface area contributed by atoms with E-state index >= 15 is 0 Å². The lowest BCUT2D eigenvalue weighted by molar-refractivity contribution is -0.386. The van der Waals surface area contributed by atoms with E-state index < -0.39 is 22.1 Å². The number of hydrogen-bond acceptors (Lipinski definition) is 7. The first-order valence-corrected chi connectivity index (χ1v) is 8.80. The normalized spacial score (nSPS) is 10.8. The Kier molecular flexibility index (Phi) is 6.09. The molecule has 1 aromatic carbocycles. The van der Waals surface area contributed by atoms with Crippen molar-refractivity contribution >= 4 is 23.8 Å². The van der Waals surface area contributed by atoms with Crippen molar-refractivity contribution in [3.63, 3.8) is 0 Å². The maximum Gasteiger partial charge on any atom is 0.335 e. The summed E-state index contributed by atoms with van der Waals surface area (Å²) in [6.45, 7) is -0.283. The van der Waals surface area contributed by atoms with Gasteiger partial charge in [0.2, 0.25) is 0 Å². The number of aromatic nitrogens is 1. The summed E-state index contributed by atoms with van der Waals surface area (Å²) in [6, 6.07) is 11.0. The van der Waals surface area contributed by atoms with Gasteiger partial charge in [-0.25, -0.2) is 4.79 Å². The van der Waals surface area contributed by atoms with Crippen molar-refractivity contribution in [2.75, 3.05) is 7.11 Å². The number of H-pyrrole nitrogens is 1. The smallest absolute Gasteiger partial charge is 0.335 e. The third-order valence-electron chi connectivity index (χ3n) is 4.34. The number of nitriles is 1. The number of rotatable bonds is 7. The number of ether oxygens (including phenoxy) is 1. The quantitative estimate of drug-likeness (QED) is 0.433. The minimum absolute atomic E-state index is 0.0995. The van der Waals surface area contributed by atoms with Crippen molar-refractivity contribution in [3.8, 4) is 17.4 Å². The zero-order valence-electron chi connectivity index (χ0n) is 16.1. The van der Waals surface area contributed by atoms with E-state index in [9.17, 15) is 25.0 Å². The number of carboxylic acid groups (broad SMARTS) is 1. The number of benzene rings is 1. The van der Waals surface area contributed by atoms with Gasteiger partial charge in [0, 0.05) is 12.7 Å². The van der Waals surface area contributed by atoms with E-state index in [1.165, 1.54) is 31.4 Å². The Bertz CT molecular complexity index is 1300. The summed E-state index contributed by atoms with van der Waals surface area (Å²) in [6.07, 6.45) is 2.70. The number of hydrogen-bond donors (Lipinski definition) is 2. The number of carbonyl (C=O) groups is 1. The summed E-state index contributed by atoms with van der Waals surface area (Å²) in [4.78, 5) is 36.5. The Morgan fingerprint density at radius 1 is 1.35 bits per heavy atom. The molecule has 0 fully saturated rings. The SMILES string of the molecule is COCc1c([N+](=O)[O-])c(/C=C/c2ccc(-c3cccc(C(=O)O)c3)o2)[nH]c(=O)c1C#N.